The number of carbonyl (C=O) groups is 1. The van der Waals surface area contributed by atoms with Crippen molar-refractivity contribution in [2.75, 3.05) is 31.8 Å². The summed E-state index contributed by atoms with van der Waals surface area (Å²) in [7, 11) is 1.68. The Morgan fingerprint density at radius 2 is 1.90 bits per heavy atom. The lowest BCUT2D eigenvalue weighted by Crippen LogP contribution is -2.41. The molecule has 2 aliphatic heterocycles. The van der Waals surface area contributed by atoms with Crippen LogP contribution in [0.3, 0.4) is 0 Å². The molecule has 1 amide bonds. The van der Waals surface area contributed by atoms with Crippen molar-refractivity contribution in [2.24, 2.45) is 0 Å². The van der Waals surface area contributed by atoms with E-state index in [0.717, 1.165) is 54.3 Å². The van der Waals surface area contributed by atoms with Crippen LogP contribution in [0.4, 0.5) is 5.69 Å². The summed E-state index contributed by atoms with van der Waals surface area (Å²) in [5.41, 5.74) is 5.28. The lowest BCUT2D eigenvalue weighted by Gasteiger charge is -2.34. The van der Waals surface area contributed by atoms with Gasteiger partial charge >= 0.3 is 0 Å². The van der Waals surface area contributed by atoms with E-state index in [0.29, 0.717) is 13.0 Å². The highest BCUT2D eigenvalue weighted by Crippen LogP contribution is 2.48. The van der Waals surface area contributed by atoms with Crippen molar-refractivity contribution in [1.29, 1.82) is 0 Å². The summed E-state index contributed by atoms with van der Waals surface area (Å²) >= 11 is 0. The summed E-state index contributed by atoms with van der Waals surface area (Å²) in [6.07, 6.45) is 3.90. The van der Waals surface area contributed by atoms with Gasteiger partial charge in [0.15, 0.2) is 0 Å². The van der Waals surface area contributed by atoms with Gasteiger partial charge in [-0.15, -0.1) is 0 Å². The molecule has 0 radical (unpaired) electrons. The highest BCUT2D eigenvalue weighted by molar-refractivity contribution is 5.98. The van der Waals surface area contributed by atoms with Crippen LogP contribution < -0.4 is 9.64 Å². The number of hydrogen-bond donors (Lipinski definition) is 0. The normalized spacial score (nSPS) is 16.9. The topological polar surface area (TPSA) is 51.7 Å². The number of pyridine rings is 1. The molecule has 0 unspecified atom stereocenters. The second-order valence-corrected chi connectivity index (χ2v) is 8.33. The molecule has 0 saturated carbocycles. The third kappa shape index (κ3) is 3.70. The molecule has 2 aromatic carbocycles. The number of amides is 1. The first-order chi connectivity index (χ1) is 15.2. The molecule has 1 fully saturated rings. The zero-order valence-corrected chi connectivity index (χ0v) is 17.7. The molecule has 3 heterocycles. The van der Waals surface area contributed by atoms with Gasteiger partial charge in [-0.3, -0.25) is 9.78 Å². The average molecular weight is 415 g/mol. The van der Waals surface area contributed by atoms with Crippen molar-refractivity contribution in [2.45, 2.75) is 24.7 Å². The minimum Gasteiger partial charge on any atom is -0.497 e. The number of fused-ring (bicyclic) bond motifs is 2. The zero-order valence-electron chi connectivity index (χ0n) is 17.7. The summed E-state index contributed by atoms with van der Waals surface area (Å²) in [5, 5.41) is 0. The van der Waals surface area contributed by atoms with Crippen molar-refractivity contribution in [3.8, 4) is 16.9 Å². The Balaban J connectivity index is 1.53. The first-order valence-corrected chi connectivity index (χ1v) is 10.8. The summed E-state index contributed by atoms with van der Waals surface area (Å²) in [6, 6.07) is 20.3. The van der Waals surface area contributed by atoms with Gasteiger partial charge in [-0.2, -0.15) is 0 Å². The molecule has 0 bridgehead atoms. The Morgan fingerprint density at radius 1 is 1.06 bits per heavy atom. The fourth-order valence-electron chi connectivity index (χ4n) is 4.82. The highest BCUT2D eigenvalue weighted by Gasteiger charge is 2.45. The van der Waals surface area contributed by atoms with Crippen LogP contribution in [0.5, 0.6) is 5.75 Å². The van der Waals surface area contributed by atoms with E-state index in [1.54, 1.807) is 13.3 Å². The molecule has 31 heavy (non-hydrogen) atoms. The molecule has 1 saturated heterocycles. The number of anilines is 1. The Hall–Kier alpha value is -3.18. The van der Waals surface area contributed by atoms with Gasteiger partial charge in [-0.05, 0) is 65.9 Å². The Morgan fingerprint density at radius 3 is 2.68 bits per heavy atom. The fourth-order valence-corrected chi connectivity index (χ4v) is 4.82. The van der Waals surface area contributed by atoms with Gasteiger partial charge in [0, 0.05) is 42.8 Å². The van der Waals surface area contributed by atoms with E-state index in [1.165, 1.54) is 5.56 Å². The molecule has 158 valence electrons. The lowest BCUT2D eigenvalue weighted by molar-refractivity contribution is -0.118. The number of aromatic nitrogens is 1. The van der Waals surface area contributed by atoms with Crippen LogP contribution in [0.15, 0.2) is 66.9 Å². The van der Waals surface area contributed by atoms with Crippen molar-refractivity contribution < 1.29 is 14.3 Å². The van der Waals surface area contributed by atoms with Crippen LogP contribution in [0, 0.1) is 0 Å². The average Bonchev–Trinajstić information content (AvgIpc) is 3.13. The third-order valence-electron chi connectivity index (χ3n) is 6.53. The maximum atomic E-state index is 13.3. The predicted octanol–water partition coefficient (Wildman–Crippen LogP) is 4.39. The standard InChI is InChI=1S/C26H26N2O3/c1-30-22-7-4-5-19(15-22)20-8-9-24-23(16-20)26(10-13-31-14-11-26)18-28(24)25(29)17-21-6-2-3-12-27-21/h2-9,12,15-16H,10-11,13-14,17-18H2,1H3. The van der Waals surface area contributed by atoms with Gasteiger partial charge in [0.1, 0.15) is 5.75 Å². The van der Waals surface area contributed by atoms with Crippen LogP contribution in [0.2, 0.25) is 0 Å². The second-order valence-electron chi connectivity index (χ2n) is 8.33. The van der Waals surface area contributed by atoms with E-state index >= 15 is 0 Å². The van der Waals surface area contributed by atoms with Gasteiger partial charge in [0.05, 0.1) is 13.5 Å². The Kier molecular flexibility index (Phi) is 5.20. The van der Waals surface area contributed by atoms with Gasteiger partial charge in [0.25, 0.3) is 0 Å². The number of nitrogens with zero attached hydrogens (tertiary/aromatic N) is 2. The molecule has 5 nitrogen and oxygen atoms in total. The monoisotopic (exact) mass is 414 g/mol. The van der Waals surface area contributed by atoms with Crippen molar-refractivity contribution >= 4 is 11.6 Å². The first kappa shape index (κ1) is 19.8. The van der Waals surface area contributed by atoms with Crippen LogP contribution >= 0.6 is 0 Å². The number of ether oxygens (including phenoxy) is 2. The predicted molar refractivity (Wildman–Crippen MR) is 120 cm³/mol. The number of carbonyl (C=O) groups excluding carboxylic acids is 1. The van der Waals surface area contributed by atoms with Crippen molar-refractivity contribution in [3.63, 3.8) is 0 Å². The van der Waals surface area contributed by atoms with Crippen molar-refractivity contribution in [3.05, 3.63) is 78.1 Å². The molecule has 0 atom stereocenters. The molecule has 2 aliphatic rings. The number of methoxy groups -OCH3 is 1. The van der Waals surface area contributed by atoms with E-state index in [1.807, 2.05) is 35.2 Å². The van der Waals surface area contributed by atoms with Gasteiger partial charge < -0.3 is 14.4 Å². The first-order valence-electron chi connectivity index (χ1n) is 10.8. The second kappa shape index (κ2) is 8.16. The summed E-state index contributed by atoms with van der Waals surface area (Å²) in [5.74, 6) is 0.934. The lowest BCUT2D eigenvalue weighted by atomic mass is 9.75. The van der Waals surface area contributed by atoms with E-state index in [-0.39, 0.29) is 11.3 Å². The molecular formula is C26H26N2O3. The van der Waals surface area contributed by atoms with Gasteiger partial charge in [0.2, 0.25) is 5.91 Å². The molecule has 0 N–H and O–H groups in total. The Bertz CT molecular complexity index is 1090. The highest BCUT2D eigenvalue weighted by atomic mass is 16.5. The molecule has 3 aromatic rings. The van der Waals surface area contributed by atoms with Gasteiger partial charge in [-0.1, -0.05) is 24.3 Å². The Labute approximate surface area is 182 Å². The van der Waals surface area contributed by atoms with Crippen LogP contribution in [0.1, 0.15) is 24.1 Å². The smallest absolute Gasteiger partial charge is 0.233 e. The molecule has 1 spiro atoms. The molecule has 5 rings (SSSR count). The summed E-state index contributed by atoms with van der Waals surface area (Å²) in [6.45, 7) is 2.16. The van der Waals surface area contributed by atoms with Crippen LogP contribution in [0.25, 0.3) is 11.1 Å². The molecular weight excluding hydrogens is 388 g/mol. The minimum atomic E-state index is -0.0533. The number of hydrogen-bond acceptors (Lipinski definition) is 4. The van der Waals surface area contributed by atoms with Gasteiger partial charge in [-0.25, -0.2) is 0 Å². The quantitative estimate of drug-likeness (QED) is 0.635. The largest absolute Gasteiger partial charge is 0.497 e. The number of rotatable bonds is 4. The zero-order chi connectivity index (χ0) is 21.3. The van der Waals surface area contributed by atoms with E-state index in [4.69, 9.17) is 9.47 Å². The minimum absolute atomic E-state index is 0.0533. The third-order valence-corrected chi connectivity index (χ3v) is 6.53. The van der Waals surface area contributed by atoms with Crippen molar-refractivity contribution in [1.82, 2.24) is 4.98 Å². The maximum Gasteiger partial charge on any atom is 0.233 e. The fraction of sp³-hybridized carbons (Fsp3) is 0.308. The molecule has 0 aliphatic carbocycles. The van der Waals surface area contributed by atoms with E-state index in [2.05, 4.69) is 35.3 Å². The van der Waals surface area contributed by atoms with E-state index < -0.39 is 0 Å². The molecule has 5 heteroatoms. The SMILES string of the molecule is COc1cccc(-c2ccc3c(c2)C2(CCOCC2)CN3C(=O)Cc2ccccn2)c1. The van der Waals surface area contributed by atoms with Crippen LogP contribution in [-0.4, -0.2) is 37.8 Å². The summed E-state index contributed by atoms with van der Waals surface area (Å²) < 4.78 is 11.1. The molecule has 1 aromatic heterocycles. The number of benzene rings is 2. The van der Waals surface area contributed by atoms with Crippen LogP contribution in [-0.2, 0) is 21.4 Å². The maximum absolute atomic E-state index is 13.3. The summed E-state index contributed by atoms with van der Waals surface area (Å²) in [4.78, 5) is 19.6. The van der Waals surface area contributed by atoms with E-state index in [9.17, 15) is 4.79 Å².